The minimum absolute atomic E-state index is 0.767. The van der Waals surface area contributed by atoms with Crippen molar-refractivity contribution in [3.63, 3.8) is 0 Å². The van der Waals surface area contributed by atoms with Crippen LogP contribution < -0.4 is 4.90 Å². The molecule has 0 aromatic carbocycles. The summed E-state index contributed by atoms with van der Waals surface area (Å²) in [7, 11) is 0. The van der Waals surface area contributed by atoms with Crippen molar-refractivity contribution in [3.8, 4) is 0 Å². The smallest absolute Gasteiger partial charge is 0.160 e. The monoisotopic (exact) mass is 261 g/mol. The van der Waals surface area contributed by atoms with E-state index >= 15 is 0 Å². The van der Waals surface area contributed by atoms with Gasteiger partial charge >= 0.3 is 0 Å². The molecule has 3 rings (SSSR count). The van der Waals surface area contributed by atoms with Crippen LogP contribution in [0.25, 0.3) is 10.2 Å². The van der Waals surface area contributed by atoms with E-state index in [1.807, 2.05) is 6.92 Å². The second kappa shape index (κ2) is 4.65. The van der Waals surface area contributed by atoms with Crippen molar-refractivity contribution >= 4 is 33.7 Å². The molecule has 0 bridgehead atoms. The van der Waals surface area contributed by atoms with Crippen molar-refractivity contribution in [1.82, 2.24) is 9.97 Å². The number of piperidine rings is 1. The van der Waals surface area contributed by atoms with Gasteiger partial charge in [0.2, 0.25) is 0 Å². The third-order valence-electron chi connectivity index (χ3n) is 3.51. The van der Waals surface area contributed by atoms with Crippen LogP contribution >= 0.6 is 11.3 Å². The molecule has 0 radical (unpaired) electrons. The molecular formula is C13H15N3OS. The zero-order valence-electron chi connectivity index (χ0n) is 10.3. The minimum atomic E-state index is 0.767. The molecule has 0 saturated carbocycles. The zero-order chi connectivity index (χ0) is 12.5. The highest BCUT2D eigenvalue weighted by Gasteiger charge is 2.19. The summed E-state index contributed by atoms with van der Waals surface area (Å²) in [5.41, 5.74) is 1.02. The highest BCUT2D eigenvalue weighted by atomic mass is 32.1. The van der Waals surface area contributed by atoms with E-state index in [4.69, 9.17) is 0 Å². The Morgan fingerprint density at radius 2 is 2.06 bits per heavy atom. The van der Waals surface area contributed by atoms with Gasteiger partial charge < -0.3 is 4.90 Å². The quantitative estimate of drug-likeness (QED) is 0.780. The lowest BCUT2D eigenvalue weighted by atomic mass is 10.1. The summed E-state index contributed by atoms with van der Waals surface area (Å²) in [5.74, 6) is 1.00. The van der Waals surface area contributed by atoms with Crippen LogP contribution in [0.1, 0.15) is 34.5 Å². The number of aldehydes is 1. The van der Waals surface area contributed by atoms with Crippen molar-refractivity contribution in [3.05, 3.63) is 16.8 Å². The Kier molecular flexibility index (Phi) is 2.99. The van der Waals surface area contributed by atoms with E-state index in [1.165, 1.54) is 30.6 Å². The zero-order valence-corrected chi connectivity index (χ0v) is 11.2. The van der Waals surface area contributed by atoms with Crippen molar-refractivity contribution in [2.45, 2.75) is 26.2 Å². The summed E-state index contributed by atoms with van der Waals surface area (Å²) in [6, 6.07) is 0. The molecule has 2 aromatic heterocycles. The Hall–Kier alpha value is -1.49. The van der Waals surface area contributed by atoms with E-state index in [1.54, 1.807) is 6.33 Å². The van der Waals surface area contributed by atoms with Gasteiger partial charge in [-0.05, 0) is 31.7 Å². The van der Waals surface area contributed by atoms with E-state index in [9.17, 15) is 4.79 Å². The van der Waals surface area contributed by atoms with Crippen molar-refractivity contribution < 1.29 is 4.79 Å². The van der Waals surface area contributed by atoms with Crippen molar-refractivity contribution in [2.24, 2.45) is 0 Å². The number of fused-ring (bicyclic) bond motifs is 1. The van der Waals surface area contributed by atoms with Gasteiger partial charge in [-0.1, -0.05) is 0 Å². The van der Waals surface area contributed by atoms with Crippen LogP contribution in [-0.4, -0.2) is 29.3 Å². The van der Waals surface area contributed by atoms with Gasteiger partial charge in [0.1, 0.15) is 17.0 Å². The van der Waals surface area contributed by atoms with E-state index in [2.05, 4.69) is 14.9 Å². The van der Waals surface area contributed by atoms with E-state index in [0.29, 0.717) is 0 Å². The SMILES string of the molecule is Cc1c(C=O)sc2ncnc(N3CCCCC3)c12. The number of hydrogen-bond donors (Lipinski definition) is 0. The topological polar surface area (TPSA) is 46.1 Å². The number of anilines is 1. The van der Waals surface area contributed by atoms with Crippen LogP contribution in [0.2, 0.25) is 0 Å². The summed E-state index contributed by atoms with van der Waals surface area (Å²) < 4.78 is 0. The van der Waals surface area contributed by atoms with Gasteiger partial charge in [0.15, 0.2) is 6.29 Å². The van der Waals surface area contributed by atoms with Crippen LogP contribution in [0.15, 0.2) is 6.33 Å². The number of thiophene rings is 1. The number of rotatable bonds is 2. The third kappa shape index (κ3) is 1.79. The lowest BCUT2D eigenvalue weighted by molar-refractivity contribution is 0.112. The molecule has 18 heavy (non-hydrogen) atoms. The lowest BCUT2D eigenvalue weighted by Gasteiger charge is -2.28. The number of aromatic nitrogens is 2. The second-order valence-corrected chi connectivity index (χ2v) is 5.66. The maximum Gasteiger partial charge on any atom is 0.160 e. The standard InChI is InChI=1S/C13H15N3OS/c1-9-10(7-17)18-13-11(9)12(14-8-15-13)16-5-3-2-4-6-16/h7-8H,2-6H2,1H3. The fraction of sp³-hybridized carbons (Fsp3) is 0.462. The molecule has 94 valence electrons. The summed E-state index contributed by atoms with van der Waals surface area (Å²) >= 11 is 1.46. The molecule has 1 aliphatic rings. The highest BCUT2D eigenvalue weighted by Crippen LogP contribution is 2.34. The normalized spacial score (nSPS) is 16.2. The predicted octanol–water partition coefficient (Wildman–Crippen LogP) is 2.80. The largest absolute Gasteiger partial charge is 0.356 e. The molecule has 4 nitrogen and oxygen atoms in total. The molecule has 0 aliphatic carbocycles. The molecule has 0 N–H and O–H groups in total. The Balaban J connectivity index is 2.16. The number of aryl methyl sites for hydroxylation is 1. The third-order valence-corrected chi connectivity index (χ3v) is 4.63. The highest BCUT2D eigenvalue weighted by molar-refractivity contribution is 7.20. The van der Waals surface area contributed by atoms with E-state index in [-0.39, 0.29) is 0 Å². The average Bonchev–Trinajstić information content (AvgIpc) is 2.76. The lowest BCUT2D eigenvalue weighted by Crippen LogP contribution is -2.30. The van der Waals surface area contributed by atoms with Gasteiger partial charge in [0.25, 0.3) is 0 Å². The molecule has 0 atom stereocenters. The maximum absolute atomic E-state index is 11.0. The van der Waals surface area contributed by atoms with Crippen LogP contribution in [0.5, 0.6) is 0 Å². The number of hydrogen-bond acceptors (Lipinski definition) is 5. The van der Waals surface area contributed by atoms with Gasteiger partial charge in [-0.25, -0.2) is 9.97 Å². The van der Waals surface area contributed by atoms with E-state index < -0.39 is 0 Å². The first kappa shape index (κ1) is 11.6. The Labute approximate surface area is 110 Å². The summed E-state index contributed by atoms with van der Waals surface area (Å²) in [6.45, 7) is 4.09. The molecular weight excluding hydrogens is 246 g/mol. The number of carbonyl (C=O) groups is 1. The Morgan fingerprint density at radius 1 is 1.28 bits per heavy atom. The Bertz CT molecular complexity index is 587. The first-order valence-corrected chi connectivity index (χ1v) is 7.07. The number of nitrogens with zero attached hydrogens (tertiary/aromatic N) is 3. The number of carbonyl (C=O) groups excluding carboxylic acids is 1. The average molecular weight is 261 g/mol. The molecule has 0 amide bonds. The van der Waals surface area contributed by atoms with E-state index in [0.717, 1.165) is 45.9 Å². The molecule has 3 heterocycles. The fourth-order valence-corrected chi connectivity index (χ4v) is 3.49. The molecule has 1 aliphatic heterocycles. The van der Waals surface area contributed by atoms with Crippen LogP contribution in [0.4, 0.5) is 5.82 Å². The van der Waals surface area contributed by atoms with Crippen molar-refractivity contribution in [2.75, 3.05) is 18.0 Å². The van der Waals surface area contributed by atoms with Crippen molar-refractivity contribution in [1.29, 1.82) is 0 Å². The maximum atomic E-state index is 11.0. The molecule has 0 spiro atoms. The first-order chi connectivity index (χ1) is 8.81. The van der Waals surface area contributed by atoms with Gasteiger partial charge in [-0.3, -0.25) is 4.79 Å². The Morgan fingerprint density at radius 3 is 2.78 bits per heavy atom. The molecule has 2 aromatic rings. The predicted molar refractivity (Wildman–Crippen MR) is 73.6 cm³/mol. The first-order valence-electron chi connectivity index (χ1n) is 6.25. The summed E-state index contributed by atoms with van der Waals surface area (Å²) in [5, 5.41) is 1.06. The van der Waals surface area contributed by atoms with Gasteiger partial charge in [0.05, 0.1) is 10.3 Å². The van der Waals surface area contributed by atoms with Gasteiger partial charge in [-0.2, -0.15) is 0 Å². The second-order valence-electron chi connectivity index (χ2n) is 4.63. The summed E-state index contributed by atoms with van der Waals surface area (Å²) in [4.78, 5) is 23.8. The summed E-state index contributed by atoms with van der Waals surface area (Å²) in [6.07, 6.45) is 6.26. The molecule has 1 fully saturated rings. The van der Waals surface area contributed by atoms with Crippen LogP contribution in [-0.2, 0) is 0 Å². The van der Waals surface area contributed by atoms with Crippen LogP contribution in [0.3, 0.4) is 0 Å². The molecule has 0 unspecified atom stereocenters. The minimum Gasteiger partial charge on any atom is -0.356 e. The van der Waals surface area contributed by atoms with Gasteiger partial charge in [-0.15, -0.1) is 11.3 Å². The molecule has 1 saturated heterocycles. The van der Waals surface area contributed by atoms with Gasteiger partial charge in [0, 0.05) is 13.1 Å². The fourth-order valence-electron chi connectivity index (χ4n) is 2.53. The molecule has 5 heteroatoms. The van der Waals surface area contributed by atoms with Crippen LogP contribution in [0, 0.1) is 6.92 Å².